The fraction of sp³-hybridized carbons (Fsp3) is 0.417. The fourth-order valence-electron chi connectivity index (χ4n) is 1.94. The number of amides is 1. The van der Waals surface area contributed by atoms with Gasteiger partial charge in [0, 0.05) is 8.59 Å². The summed E-state index contributed by atoms with van der Waals surface area (Å²) >= 11 is 8.05. The summed E-state index contributed by atoms with van der Waals surface area (Å²) in [5.41, 5.74) is 0.373. The van der Waals surface area contributed by atoms with Gasteiger partial charge in [0.2, 0.25) is 5.91 Å². The number of nitrogens with one attached hydrogen (secondary N) is 2. The maximum absolute atomic E-state index is 12.2. The first kappa shape index (κ1) is 13.1. The third-order valence-electron chi connectivity index (χ3n) is 3.05. The lowest BCUT2D eigenvalue weighted by molar-refractivity contribution is -0.121. The van der Waals surface area contributed by atoms with E-state index in [-0.39, 0.29) is 5.91 Å². The highest BCUT2D eigenvalue weighted by atomic mass is 127. The minimum Gasteiger partial charge on any atom is -0.324 e. The lowest BCUT2D eigenvalue weighted by Gasteiger charge is -2.23. The van der Waals surface area contributed by atoms with Gasteiger partial charge in [-0.25, -0.2) is 0 Å². The second kappa shape index (κ2) is 5.12. The van der Waals surface area contributed by atoms with Crippen molar-refractivity contribution < 1.29 is 4.79 Å². The fourth-order valence-corrected chi connectivity index (χ4v) is 2.95. The first-order chi connectivity index (χ1) is 8.01. The van der Waals surface area contributed by atoms with Crippen molar-refractivity contribution in [2.75, 3.05) is 11.9 Å². The van der Waals surface area contributed by atoms with Crippen LogP contribution in [0.1, 0.15) is 19.8 Å². The summed E-state index contributed by atoms with van der Waals surface area (Å²) in [4.78, 5) is 12.2. The molecule has 1 fully saturated rings. The Balaban J connectivity index is 2.13. The number of hydrogen-bond donors (Lipinski definition) is 2. The van der Waals surface area contributed by atoms with Crippen LogP contribution in [0.3, 0.4) is 0 Å². The van der Waals surface area contributed by atoms with Gasteiger partial charge in [0.25, 0.3) is 0 Å². The molecule has 1 aliphatic heterocycles. The maximum atomic E-state index is 12.2. The van der Waals surface area contributed by atoms with E-state index in [4.69, 9.17) is 11.6 Å². The number of anilines is 1. The standard InChI is InChI=1S/C12H14ClIN2O/c1-12(5-2-6-15-12)11(17)16-10-4-3-8(13)7-9(10)14/h3-4,7,15H,2,5-6H2,1H3,(H,16,17). The Hall–Kier alpha value is -0.330. The van der Waals surface area contributed by atoms with Gasteiger partial charge < -0.3 is 10.6 Å². The van der Waals surface area contributed by atoms with E-state index in [1.54, 1.807) is 6.07 Å². The number of carbonyl (C=O) groups is 1. The van der Waals surface area contributed by atoms with Crippen LogP contribution in [0.4, 0.5) is 5.69 Å². The number of carbonyl (C=O) groups excluding carboxylic acids is 1. The largest absolute Gasteiger partial charge is 0.324 e. The molecule has 1 unspecified atom stereocenters. The minimum absolute atomic E-state index is 0.0234. The Kier molecular flexibility index (Phi) is 3.95. The highest BCUT2D eigenvalue weighted by Gasteiger charge is 2.35. The highest BCUT2D eigenvalue weighted by Crippen LogP contribution is 2.25. The average Bonchev–Trinajstić information content (AvgIpc) is 2.71. The van der Waals surface area contributed by atoms with Crippen LogP contribution in [-0.4, -0.2) is 18.0 Å². The Morgan fingerprint density at radius 3 is 2.94 bits per heavy atom. The van der Waals surface area contributed by atoms with Gasteiger partial charge in [-0.3, -0.25) is 4.79 Å². The van der Waals surface area contributed by atoms with Crippen molar-refractivity contribution >= 4 is 45.8 Å². The van der Waals surface area contributed by atoms with Crippen LogP contribution >= 0.6 is 34.2 Å². The number of halogens is 2. The smallest absolute Gasteiger partial charge is 0.244 e. The maximum Gasteiger partial charge on any atom is 0.244 e. The second-order valence-electron chi connectivity index (χ2n) is 4.44. The van der Waals surface area contributed by atoms with Crippen molar-refractivity contribution in [2.45, 2.75) is 25.3 Å². The first-order valence-electron chi connectivity index (χ1n) is 5.53. The van der Waals surface area contributed by atoms with E-state index in [0.717, 1.165) is 28.6 Å². The van der Waals surface area contributed by atoms with Crippen LogP contribution in [0, 0.1) is 3.57 Å². The monoisotopic (exact) mass is 364 g/mol. The highest BCUT2D eigenvalue weighted by molar-refractivity contribution is 14.1. The molecule has 17 heavy (non-hydrogen) atoms. The molecule has 0 spiro atoms. The van der Waals surface area contributed by atoms with Crippen molar-refractivity contribution in [3.05, 3.63) is 26.8 Å². The quantitative estimate of drug-likeness (QED) is 0.792. The minimum atomic E-state index is -0.442. The van der Waals surface area contributed by atoms with E-state index in [9.17, 15) is 4.79 Å². The van der Waals surface area contributed by atoms with Crippen LogP contribution < -0.4 is 10.6 Å². The molecule has 5 heteroatoms. The van der Waals surface area contributed by atoms with E-state index in [1.807, 2.05) is 19.1 Å². The van der Waals surface area contributed by atoms with Crippen molar-refractivity contribution in [3.8, 4) is 0 Å². The Bertz CT molecular complexity index is 444. The molecule has 0 aliphatic carbocycles. The predicted molar refractivity (Wildman–Crippen MR) is 78.4 cm³/mol. The summed E-state index contributed by atoms with van der Waals surface area (Å²) in [6, 6.07) is 5.45. The molecule has 3 nitrogen and oxygen atoms in total. The molecule has 0 bridgehead atoms. The first-order valence-corrected chi connectivity index (χ1v) is 6.98. The molecule has 1 aromatic rings. The summed E-state index contributed by atoms with van der Waals surface area (Å²) in [6.07, 6.45) is 1.92. The third kappa shape index (κ3) is 2.92. The van der Waals surface area contributed by atoms with Gasteiger partial charge in [0.1, 0.15) is 0 Å². The molecule has 2 N–H and O–H groups in total. The van der Waals surface area contributed by atoms with Crippen molar-refractivity contribution in [1.29, 1.82) is 0 Å². The molecular weight excluding hydrogens is 351 g/mol. The van der Waals surface area contributed by atoms with Crippen molar-refractivity contribution in [2.24, 2.45) is 0 Å². The van der Waals surface area contributed by atoms with E-state index in [1.165, 1.54) is 0 Å². The molecule has 1 atom stereocenters. The molecule has 1 aromatic carbocycles. The van der Waals surface area contributed by atoms with E-state index in [0.29, 0.717) is 5.02 Å². The van der Waals surface area contributed by atoms with Gasteiger partial charge in [0.05, 0.1) is 11.2 Å². The van der Waals surface area contributed by atoms with Crippen molar-refractivity contribution in [3.63, 3.8) is 0 Å². The average molecular weight is 365 g/mol. The molecule has 0 aromatic heterocycles. The third-order valence-corrected chi connectivity index (χ3v) is 4.18. The van der Waals surface area contributed by atoms with Crippen LogP contribution in [0.15, 0.2) is 18.2 Å². The topological polar surface area (TPSA) is 41.1 Å². The Morgan fingerprint density at radius 1 is 1.59 bits per heavy atom. The van der Waals surface area contributed by atoms with Gasteiger partial charge in [-0.15, -0.1) is 0 Å². The van der Waals surface area contributed by atoms with Crippen LogP contribution in [0.2, 0.25) is 5.02 Å². The zero-order valence-electron chi connectivity index (χ0n) is 9.52. The van der Waals surface area contributed by atoms with E-state index >= 15 is 0 Å². The normalized spacial score (nSPS) is 23.7. The van der Waals surface area contributed by atoms with E-state index < -0.39 is 5.54 Å². The summed E-state index contributed by atoms with van der Waals surface area (Å²) in [7, 11) is 0. The van der Waals surface area contributed by atoms with Gasteiger partial charge >= 0.3 is 0 Å². The molecule has 92 valence electrons. The molecule has 1 saturated heterocycles. The Labute approximate surface area is 119 Å². The zero-order valence-corrected chi connectivity index (χ0v) is 12.4. The van der Waals surface area contributed by atoms with Crippen LogP contribution in [0.5, 0.6) is 0 Å². The zero-order chi connectivity index (χ0) is 12.5. The number of benzene rings is 1. The Morgan fingerprint density at radius 2 is 2.35 bits per heavy atom. The predicted octanol–water partition coefficient (Wildman–Crippen LogP) is 3.03. The van der Waals surface area contributed by atoms with Gasteiger partial charge in [-0.2, -0.15) is 0 Å². The molecule has 1 heterocycles. The molecule has 0 radical (unpaired) electrons. The van der Waals surface area contributed by atoms with Gasteiger partial charge in [-0.05, 0) is 67.1 Å². The van der Waals surface area contributed by atoms with Gasteiger partial charge in [-0.1, -0.05) is 11.6 Å². The summed E-state index contributed by atoms with van der Waals surface area (Å²) in [6.45, 7) is 2.85. The molecule has 0 saturated carbocycles. The summed E-state index contributed by atoms with van der Waals surface area (Å²) in [5.74, 6) is 0.0234. The van der Waals surface area contributed by atoms with Crippen LogP contribution in [-0.2, 0) is 4.79 Å². The van der Waals surface area contributed by atoms with E-state index in [2.05, 4.69) is 33.2 Å². The lowest BCUT2D eigenvalue weighted by Crippen LogP contribution is -2.48. The SMILES string of the molecule is CC1(C(=O)Nc2ccc(Cl)cc2I)CCCN1. The number of rotatable bonds is 2. The molecule has 1 aliphatic rings. The van der Waals surface area contributed by atoms with Crippen molar-refractivity contribution in [1.82, 2.24) is 5.32 Å². The number of hydrogen-bond acceptors (Lipinski definition) is 2. The summed E-state index contributed by atoms with van der Waals surface area (Å²) in [5, 5.41) is 6.87. The summed E-state index contributed by atoms with van der Waals surface area (Å²) < 4.78 is 0.949. The van der Waals surface area contributed by atoms with Gasteiger partial charge in [0.15, 0.2) is 0 Å². The molecule has 2 rings (SSSR count). The second-order valence-corrected chi connectivity index (χ2v) is 6.04. The molecular formula is C12H14ClIN2O. The molecule has 1 amide bonds. The lowest BCUT2D eigenvalue weighted by atomic mass is 9.99. The van der Waals surface area contributed by atoms with Crippen LogP contribution in [0.25, 0.3) is 0 Å².